The van der Waals surface area contributed by atoms with E-state index < -0.39 is 20.7 Å². The molecular formula is C14H14FNO3S. The van der Waals surface area contributed by atoms with E-state index in [1.165, 1.54) is 18.2 Å². The molecule has 106 valence electrons. The Morgan fingerprint density at radius 1 is 1.15 bits per heavy atom. The fourth-order valence-electron chi connectivity index (χ4n) is 1.79. The summed E-state index contributed by atoms with van der Waals surface area (Å²) in [6.45, 7) is 3.31. The van der Waals surface area contributed by atoms with Gasteiger partial charge in [0.05, 0.1) is 5.69 Å². The molecule has 0 spiro atoms. The third kappa shape index (κ3) is 2.75. The molecule has 2 rings (SSSR count). The van der Waals surface area contributed by atoms with Crippen molar-refractivity contribution in [3.8, 4) is 5.75 Å². The van der Waals surface area contributed by atoms with Crippen molar-refractivity contribution in [1.82, 2.24) is 0 Å². The number of hydrogen-bond acceptors (Lipinski definition) is 3. The van der Waals surface area contributed by atoms with Gasteiger partial charge in [-0.15, -0.1) is 0 Å². The number of benzene rings is 2. The SMILES string of the molecule is Cc1ccc(F)c(S(=O)(=O)Nc2c(C)cccc2O)c1. The van der Waals surface area contributed by atoms with Crippen LogP contribution in [0.15, 0.2) is 41.3 Å². The normalized spacial score (nSPS) is 11.3. The van der Waals surface area contributed by atoms with Crippen molar-refractivity contribution in [2.75, 3.05) is 4.72 Å². The van der Waals surface area contributed by atoms with Crippen molar-refractivity contribution in [2.24, 2.45) is 0 Å². The van der Waals surface area contributed by atoms with Crippen molar-refractivity contribution in [3.63, 3.8) is 0 Å². The highest BCUT2D eigenvalue weighted by Gasteiger charge is 2.21. The largest absolute Gasteiger partial charge is 0.506 e. The van der Waals surface area contributed by atoms with Crippen LogP contribution in [0.5, 0.6) is 5.75 Å². The van der Waals surface area contributed by atoms with Crippen molar-refractivity contribution < 1.29 is 17.9 Å². The standard InChI is InChI=1S/C14H14FNO3S/c1-9-6-7-11(15)13(8-9)20(18,19)16-14-10(2)4-3-5-12(14)17/h3-8,16-17H,1-2H3. The molecule has 2 aromatic carbocycles. The third-order valence-electron chi connectivity index (χ3n) is 2.86. The minimum atomic E-state index is -4.10. The van der Waals surface area contributed by atoms with Gasteiger partial charge in [-0.05, 0) is 43.2 Å². The summed E-state index contributed by atoms with van der Waals surface area (Å²) in [5.41, 5.74) is 1.22. The highest BCUT2D eigenvalue weighted by atomic mass is 32.2. The fraction of sp³-hybridized carbons (Fsp3) is 0.143. The lowest BCUT2D eigenvalue weighted by Gasteiger charge is -2.12. The van der Waals surface area contributed by atoms with Crippen LogP contribution in [0.3, 0.4) is 0 Å². The maximum atomic E-state index is 13.7. The van der Waals surface area contributed by atoms with Gasteiger partial charge in [-0.2, -0.15) is 0 Å². The average Bonchev–Trinajstić information content (AvgIpc) is 2.37. The molecule has 0 unspecified atom stereocenters. The quantitative estimate of drug-likeness (QED) is 0.856. The Morgan fingerprint density at radius 2 is 1.85 bits per heavy atom. The molecule has 6 heteroatoms. The number of phenols is 1. The first-order valence-corrected chi connectivity index (χ1v) is 7.37. The van der Waals surface area contributed by atoms with Crippen molar-refractivity contribution in [3.05, 3.63) is 53.3 Å². The Kier molecular flexibility index (Phi) is 3.67. The second-order valence-corrected chi connectivity index (χ2v) is 6.16. The maximum absolute atomic E-state index is 13.7. The van der Waals surface area contributed by atoms with Crippen molar-refractivity contribution >= 4 is 15.7 Å². The van der Waals surface area contributed by atoms with Crippen LogP contribution in [0.4, 0.5) is 10.1 Å². The van der Waals surface area contributed by atoms with Crippen LogP contribution in [0.1, 0.15) is 11.1 Å². The molecule has 0 radical (unpaired) electrons. The maximum Gasteiger partial charge on any atom is 0.264 e. The van der Waals surface area contributed by atoms with Gasteiger partial charge in [-0.1, -0.05) is 18.2 Å². The number of nitrogens with one attached hydrogen (secondary N) is 1. The van der Waals surface area contributed by atoms with Crippen LogP contribution in [-0.2, 0) is 10.0 Å². The Morgan fingerprint density at radius 3 is 2.50 bits per heavy atom. The molecule has 0 aliphatic heterocycles. The smallest absolute Gasteiger partial charge is 0.264 e. The van der Waals surface area contributed by atoms with Crippen LogP contribution in [0, 0.1) is 19.7 Å². The molecule has 0 aliphatic carbocycles. The van der Waals surface area contributed by atoms with Gasteiger partial charge in [0.15, 0.2) is 0 Å². The van der Waals surface area contributed by atoms with Gasteiger partial charge in [0, 0.05) is 0 Å². The van der Waals surface area contributed by atoms with Gasteiger partial charge in [-0.3, -0.25) is 4.72 Å². The fourth-order valence-corrected chi connectivity index (χ4v) is 3.10. The molecule has 0 atom stereocenters. The molecule has 0 fully saturated rings. The number of aryl methyl sites for hydroxylation is 2. The molecule has 2 N–H and O–H groups in total. The zero-order chi connectivity index (χ0) is 14.9. The second kappa shape index (κ2) is 5.13. The molecule has 0 saturated heterocycles. The first-order valence-electron chi connectivity index (χ1n) is 5.89. The molecule has 0 aromatic heterocycles. The Labute approximate surface area is 116 Å². The average molecular weight is 295 g/mol. The molecular weight excluding hydrogens is 281 g/mol. The van der Waals surface area contributed by atoms with Gasteiger partial charge in [0.25, 0.3) is 10.0 Å². The summed E-state index contributed by atoms with van der Waals surface area (Å²) in [6, 6.07) is 8.42. The van der Waals surface area contributed by atoms with E-state index in [0.29, 0.717) is 11.1 Å². The highest BCUT2D eigenvalue weighted by Crippen LogP contribution is 2.29. The van der Waals surface area contributed by atoms with E-state index in [9.17, 15) is 17.9 Å². The van der Waals surface area contributed by atoms with Crippen LogP contribution in [-0.4, -0.2) is 13.5 Å². The summed E-state index contributed by atoms with van der Waals surface area (Å²) in [6.07, 6.45) is 0. The number of para-hydroxylation sites is 1. The van der Waals surface area contributed by atoms with Gasteiger partial charge < -0.3 is 5.11 Å². The number of phenolic OH excluding ortho intramolecular Hbond substituents is 1. The van der Waals surface area contributed by atoms with E-state index in [0.717, 1.165) is 6.07 Å². The van der Waals surface area contributed by atoms with Gasteiger partial charge in [-0.25, -0.2) is 12.8 Å². The lowest BCUT2D eigenvalue weighted by Crippen LogP contribution is -2.15. The van der Waals surface area contributed by atoms with E-state index in [2.05, 4.69) is 4.72 Å². The van der Waals surface area contributed by atoms with Crippen molar-refractivity contribution in [2.45, 2.75) is 18.7 Å². The van der Waals surface area contributed by atoms with Crippen LogP contribution in [0.25, 0.3) is 0 Å². The van der Waals surface area contributed by atoms with Crippen LogP contribution >= 0.6 is 0 Å². The summed E-state index contributed by atoms with van der Waals surface area (Å²) in [5.74, 6) is -1.04. The number of aromatic hydroxyl groups is 1. The molecule has 0 heterocycles. The van der Waals surface area contributed by atoms with Gasteiger partial charge >= 0.3 is 0 Å². The third-order valence-corrected chi connectivity index (χ3v) is 4.23. The molecule has 4 nitrogen and oxygen atoms in total. The lowest BCUT2D eigenvalue weighted by atomic mass is 10.2. The topological polar surface area (TPSA) is 66.4 Å². The number of anilines is 1. The van der Waals surface area contributed by atoms with E-state index in [1.807, 2.05) is 0 Å². The predicted molar refractivity (Wildman–Crippen MR) is 74.8 cm³/mol. The Bertz CT molecular complexity index is 737. The summed E-state index contributed by atoms with van der Waals surface area (Å²) in [4.78, 5) is -0.444. The Balaban J connectivity index is 2.49. The first-order chi connectivity index (χ1) is 9.31. The minimum absolute atomic E-state index is 0.0495. The van der Waals surface area contributed by atoms with E-state index >= 15 is 0 Å². The van der Waals surface area contributed by atoms with E-state index in [1.54, 1.807) is 26.0 Å². The van der Waals surface area contributed by atoms with Gasteiger partial charge in [0.1, 0.15) is 16.5 Å². The second-order valence-electron chi connectivity index (χ2n) is 4.51. The summed E-state index contributed by atoms with van der Waals surface area (Å²) < 4.78 is 40.3. The molecule has 2 aromatic rings. The first kappa shape index (κ1) is 14.3. The zero-order valence-corrected chi connectivity index (χ0v) is 11.8. The van der Waals surface area contributed by atoms with E-state index in [4.69, 9.17) is 0 Å². The predicted octanol–water partition coefficient (Wildman–Crippen LogP) is 2.95. The number of rotatable bonds is 3. The summed E-state index contributed by atoms with van der Waals surface area (Å²) >= 11 is 0. The Hall–Kier alpha value is -2.08. The number of hydrogen-bond donors (Lipinski definition) is 2. The molecule has 0 amide bonds. The van der Waals surface area contributed by atoms with Crippen LogP contribution < -0.4 is 4.72 Å². The van der Waals surface area contributed by atoms with Crippen molar-refractivity contribution in [1.29, 1.82) is 0 Å². The number of sulfonamides is 1. The lowest BCUT2D eigenvalue weighted by molar-refractivity contribution is 0.477. The molecule has 0 saturated carbocycles. The number of halogens is 1. The molecule has 0 aliphatic rings. The molecule has 20 heavy (non-hydrogen) atoms. The van der Waals surface area contributed by atoms with Crippen LogP contribution in [0.2, 0.25) is 0 Å². The monoisotopic (exact) mass is 295 g/mol. The zero-order valence-electron chi connectivity index (χ0n) is 11.0. The molecule has 0 bridgehead atoms. The van der Waals surface area contributed by atoms with E-state index in [-0.39, 0.29) is 11.4 Å². The van der Waals surface area contributed by atoms with Gasteiger partial charge in [0.2, 0.25) is 0 Å². The summed E-state index contributed by atoms with van der Waals surface area (Å²) in [7, 11) is -4.10. The minimum Gasteiger partial charge on any atom is -0.506 e. The summed E-state index contributed by atoms with van der Waals surface area (Å²) in [5, 5.41) is 9.70. The highest BCUT2D eigenvalue weighted by molar-refractivity contribution is 7.92.